The van der Waals surface area contributed by atoms with E-state index in [0.717, 1.165) is 32.1 Å². The predicted molar refractivity (Wildman–Crippen MR) is 73.5 cm³/mol. The SMILES string of the molecule is CC(N)C=CC1(C(=O)[C@H](N)CC(=O)O)CCCCC1. The fourth-order valence-corrected chi connectivity index (χ4v) is 2.66. The van der Waals surface area contributed by atoms with Crippen LogP contribution in [-0.4, -0.2) is 28.9 Å². The van der Waals surface area contributed by atoms with E-state index in [1.165, 1.54) is 0 Å². The molecule has 0 aromatic heterocycles. The molecular formula is C14H24N2O3. The highest BCUT2D eigenvalue weighted by atomic mass is 16.4. The van der Waals surface area contributed by atoms with E-state index >= 15 is 0 Å². The van der Waals surface area contributed by atoms with E-state index in [1.807, 2.05) is 19.1 Å². The van der Waals surface area contributed by atoms with Gasteiger partial charge in [-0.15, -0.1) is 0 Å². The van der Waals surface area contributed by atoms with E-state index < -0.39 is 17.4 Å². The lowest BCUT2D eigenvalue weighted by Crippen LogP contribution is -2.44. The Morgan fingerprint density at radius 1 is 1.26 bits per heavy atom. The molecule has 0 amide bonds. The van der Waals surface area contributed by atoms with Crippen molar-refractivity contribution in [3.63, 3.8) is 0 Å². The van der Waals surface area contributed by atoms with Crippen LogP contribution in [-0.2, 0) is 9.59 Å². The van der Waals surface area contributed by atoms with Crippen LogP contribution in [0.4, 0.5) is 0 Å². The Labute approximate surface area is 114 Å². The number of ketones is 1. The smallest absolute Gasteiger partial charge is 0.305 e. The van der Waals surface area contributed by atoms with Crippen LogP contribution in [0.3, 0.4) is 0 Å². The van der Waals surface area contributed by atoms with Gasteiger partial charge in [-0.2, -0.15) is 0 Å². The summed E-state index contributed by atoms with van der Waals surface area (Å²) in [6, 6.07) is -1.06. The van der Waals surface area contributed by atoms with Gasteiger partial charge in [0.05, 0.1) is 12.5 Å². The van der Waals surface area contributed by atoms with Crippen LogP contribution in [0.5, 0.6) is 0 Å². The molecule has 1 unspecified atom stereocenters. The van der Waals surface area contributed by atoms with Gasteiger partial charge < -0.3 is 16.6 Å². The molecule has 0 heterocycles. The van der Waals surface area contributed by atoms with E-state index in [9.17, 15) is 9.59 Å². The number of rotatable bonds is 6. The second kappa shape index (κ2) is 6.82. The molecule has 19 heavy (non-hydrogen) atoms. The molecule has 0 aliphatic heterocycles. The molecule has 5 heteroatoms. The molecule has 1 rings (SSSR count). The number of hydrogen-bond acceptors (Lipinski definition) is 4. The highest BCUT2D eigenvalue weighted by Crippen LogP contribution is 2.39. The Morgan fingerprint density at radius 2 is 1.84 bits per heavy atom. The first-order valence-corrected chi connectivity index (χ1v) is 6.84. The Balaban J connectivity index is 2.89. The van der Waals surface area contributed by atoms with E-state index in [4.69, 9.17) is 16.6 Å². The van der Waals surface area contributed by atoms with E-state index in [-0.39, 0.29) is 18.2 Å². The number of carbonyl (C=O) groups is 2. The number of carbonyl (C=O) groups excluding carboxylic acids is 1. The lowest BCUT2D eigenvalue weighted by Gasteiger charge is -2.35. The van der Waals surface area contributed by atoms with Gasteiger partial charge in [0.1, 0.15) is 0 Å². The number of nitrogens with two attached hydrogens (primary N) is 2. The lowest BCUT2D eigenvalue weighted by molar-refractivity contribution is -0.140. The molecule has 0 aromatic carbocycles. The summed E-state index contributed by atoms with van der Waals surface area (Å²) in [5.41, 5.74) is 10.8. The Hall–Kier alpha value is -1.20. The van der Waals surface area contributed by atoms with Gasteiger partial charge in [0.15, 0.2) is 5.78 Å². The van der Waals surface area contributed by atoms with E-state index in [2.05, 4.69) is 0 Å². The molecule has 0 aromatic rings. The third-order valence-corrected chi connectivity index (χ3v) is 3.69. The molecule has 1 aliphatic carbocycles. The minimum Gasteiger partial charge on any atom is -0.481 e. The first kappa shape index (κ1) is 15.9. The number of hydrogen-bond donors (Lipinski definition) is 3. The Kier molecular flexibility index (Phi) is 5.69. The van der Waals surface area contributed by atoms with Crippen LogP contribution < -0.4 is 11.5 Å². The second-order valence-corrected chi connectivity index (χ2v) is 5.50. The summed E-state index contributed by atoms with van der Waals surface area (Å²) >= 11 is 0. The van der Waals surface area contributed by atoms with Gasteiger partial charge in [0, 0.05) is 11.5 Å². The van der Waals surface area contributed by atoms with Crippen molar-refractivity contribution in [2.24, 2.45) is 16.9 Å². The molecule has 0 spiro atoms. The molecule has 1 aliphatic rings. The molecule has 1 saturated carbocycles. The van der Waals surface area contributed by atoms with Gasteiger partial charge in [0.25, 0.3) is 0 Å². The van der Waals surface area contributed by atoms with Crippen molar-refractivity contribution in [1.82, 2.24) is 0 Å². The molecular weight excluding hydrogens is 244 g/mol. The van der Waals surface area contributed by atoms with Crippen molar-refractivity contribution in [1.29, 1.82) is 0 Å². The number of carboxylic acid groups (broad SMARTS) is 1. The molecule has 1 fully saturated rings. The van der Waals surface area contributed by atoms with Crippen LogP contribution in [0, 0.1) is 5.41 Å². The normalized spacial score (nSPS) is 22.1. The largest absolute Gasteiger partial charge is 0.481 e. The summed E-state index contributed by atoms with van der Waals surface area (Å²) in [4.78, 5) is 23.2. The predicted octanol–water partition coefficient (Wildman–Crippen LogP) is 1.21. The molecule has 5 nitrogen and oxygen atoms in total. The average Bonchev–Trinajstić information content (AvgIpc) is 2.35. The van der Waals surface area contributed by atoms with Crippen molar-refractivity contribution in [3.8, 4) is 0 Å². The highest BCUT2D eigenvalue weighted by Gasteiger charge is 2.39. The number of aliphatic carboxylic acids is 1. The quantitative estimate of drug-likeness (QED) is 0.628. The minimum absolute atomic E-state index is 0.123. The first-order valence-electron chi connectivity index (χ1n) is 6.84. The fraction of sp³-hybridized carbons (Fsp3) is 0.714. The summed E-state index contributed by atoms with van der Waals surface area (Å²) in [5.74, 6) is -1.20. The topological polar surface area (TPSA) is 106 Å². The zero-order chi connectivity index (χ0) is 14.5. The van der Waals surface area contributed by atoms with Gasteiger partial charge in [0.2, 0.25) is 0 Å². The molecule has 108 valence electrons. The highest BCUT2D eigenvalue weighted by molar-refractivity contribution is 5.93. The second-order valence-electron chi connectivity index (χ2n) is 5.50. The third kappa shape index (κ3) is 4.44. The van der Waals surface area contributed by atoms with Gasteiger partial charge >= 0.3 is 5.97 Å². The standard InChI is InChI=1S/C14H24N2O3/c1-10(15)5-8-14(6-3-2-4-7-14)13(19)11(16)9-12(17)18/h5,8,10-11H,2-4,6-7,9,15-16H2,1H3,(H,17,18)/t10?,11-/m1/s1. The number of Topliss-reactive ketones (excluding diaryl/α,β-unsaturated/α-hetero) is 1. The zero-order valence-corrected chi connectivity index (χ0v) is 11.5. The van der Waals surface area contributed by atoms with Crippen molar-refractivity contribution in [2.75, 3.05) is 0 Å². The molecule has 5 N–H and O–H groups in total. The van der Waals surface area contributed by atoms with Crippen LogP contribution in [0.15, 0.2) is 12.2 Å². The van der Waals surface area contributed by atoms with Crippen molar-refractivity contribution in [2.45, 2.75) is 57.5 Å². The van der Waals surface area contributed by atoms with Gasteiger partial charge in [-0.05, 0) is 19.8 Å². The van der Waals surface area contributed by atoms with E-state index in [1.54, 1.807) is 0 Å². The maximum Gasteiger partial charge on any atom is 0.305 e. The minimum atomic E-state index is -1.04. The number of carboxylic acids is 1. The van der Waals surface area contributed by atoms with Gasteiger partial charge in [-0.25, -0.2) is 0 Å². The van der Waals surface area contributed by atoms with Gasteiger partial charge in [-0.1, -0.05) is 31.4 Å². The lowest BCUT2D eigenvalue weighted by atomic mass is 9.68. The summed E-state index contributed by atoms with van der Waals surface area (Å²) in [6.07, 6.45) is 7.88. The summed E-state index contributed by atoms with van der Waals surface area (Å²) in [5, 5.41) is 8.76. The zero-order valence-electron chi connectivity index (χ0n) is 11.5. The van der Waals surface area contributed by atoms with Crippen LogP contribution in [0.1, 0.15) is 45.4 Å². The Morgan fingerprint density at radius 3 is 2.32 bits per heavy atom. The molecule has 0 radical (unpaired) electrons. The van der Waals surface area contributed by atoms with Gasteiger partial charge in [-0.3, -0.25) is 9.59 Å². The molecule has 2 atom stereocenters. The summed E-state index contributed by atoms with van der Waals surface area (Å²) in [6.45, 7) is 1.84. The van der Waals surface area contributed by atoms with Crippen LogP contribution in [0.2, 0.25) is 0 Å². The third-order valence-electron chi connectivity index (χ3n) is 3.69. The van der Waals surface area contributed by atoms with E-state index in [0.29, 0.717) is 0 Å². The summed E-state index contributed by atoms with van der Waals surface area (Å²) in [7, 11) is 0. The van der Waals surface area contributed by atoms with Crippen LogP contribution in [0.25, 0.3) is 0 Å². The van der Waals surface area contributed by atoms with Crippen molar-refractivity contribution in [3.05, 3.63) is 12.2 Å². The maximum atomic E-state index is 12.5. The first-order chi connectivity index (χ1) is 8.87. The average molecular weight is 268 g/mol. The monoisotopic (exact) mass is 268 g/mol. The maximum absolute atomic E-state index is 12.5. The number of allylic oxidation sites excluding steroid dienone is 1. The van der Waals surface area contributed by atoms with Crippen molar-refractivity contribution < 1.29 is 14.7 Å². The fourth-order valence-electron chi connectivity index (χ4n) is 2.66. The molecule has 0 bridgehead atoms. The molecule has 0 saturated heterocycles. The van der Waals surface area contributed by atoms with Crippen molar-refractivity contribution >= 4 is 11.8 Å². The Bertz CT molecular complexity index is 358. The van der Waals surface area contributed by atoms with Crippen LogP contribution >= 0.6 is 0 Å². The summed E-state index contributed by atoms with van der Waals surface area (Å²) < 4.78 is 0.